The van der Waals surface area contributed by atoms with E-state index >= 15 is 0 Å². The van der Waals surface area contributed by atoms with Crippen LogP contribution in [0.3, 0.4) is 0 Å². The third-order valence-corrected chi connectivity index (χ3v) is 3.49. The van der Waals surface area contributed by atoms with Crippen LogP contribution in [-0.2, 0) is 37.0 Å². The predicted molar refractivity (Wildman–Crippen MR) is 102 cm³/mol. The van der Waals surface area contributed by atoms with Crippen molar-refractivity contribution in [1.29, 1.82) is 0 Å². The first kappa shape index (κ1) is 25.6. The Morgan fingerprint density at radius 1 is 1.00 bits per heavy atom. The maximum atomic E-state index is 11.9. The molecule has 0 fully saturated rings. The fourth-order valence-electron chi connectivity index (χ4n) is 2.08. The third kappa shape index (κ3) is 10.8. The van der Waals surface area contributed by atoms with Gasteiger partial charge in [0, 0.05) is 25.5 Å². The number of nitrogens with two attached hydrogens (primary N) is 1. The SMILES string of the molecule is NC(=O)C(=O)N(Cc1ccccc1)Cc1cccnc1.O=C(Cl)C(=O)OCC(F)(F)F. The highest BCUT2D eigenvalue weighted by Crippen LogP contribution is 2.14. The number of ether oxygens (including phenoxy) is 1. The molecule has 8 nitrogen and oxygen atoms in total. The summed E-state index contributed by atoms with van der Waals surface area (Å²) in [5.41, 5.74) is 6.88. The van der Waals surface area contributed by atoms with Crippen LogP contribution in [-0.4, -0.2) is 45.7 Å². The van der Waals surface area contributed by atoms with Crippen LogP contribution in [0.4, 0.5) is 13.2 Å². The number of halogens is 4. The molecule has 2 rings (SSSR count). The van der Waals surface area contributed by atoms with E-state index in [1.807, 2.05) is 36.4 Å². The molecule has 1 aromatic heterocycles. The topological polar surface area (TPSA) is 120 Å². The Bertz CT molecular complexity index is 854. The first-order chi connectivity index (χ1) is 14.5. The summed E-state index contributed by atoms with van der Waals surface area (Å²) in [6.45, 7) is -1.17. The summed E-state index contributed by atoms with van der Waals surface area (Å²) in [5, 5.41) is -1.57. The Hall–Kier alpha value is -3.47. The van der Waals surface area contributed by atoms with Crippen LogP contribution in [0.5, 0.6) is 0 Å². The summed E-state index contributed by atoms with van der Waals surface area (Å²) in [7, 11) is 0. The highest BCUT2D eigenvalue weighted by Gasteiger charge is 2.30. The van der Waals surface area contributed by atoms with Crippen molar-refractivity contribution in [2.45, 2.75) is 19.3 Å². The molecule has 2 N–H and O–H groups in total. The molecule has 2 amide bonds. The van der Waals surface area contributed by atoms with Crippen LogP contribution < -0.4 is 5.73 Å². The number of esters is 1. The van der Waals surface area contributed by atoms with Crippen molar-refractivity contribution in [3.8, 4) is 0 Å². The van der Waals surface area contributed by atoms with Gasteiger partial charge in [-0.2, -0.15) is 13.2 Å². The van der Waals surface area contributed by atoms with Gasteiger partial charge >= 0.3 is 29.2 Å². The number of primary amides is 1. The molecule has 0 bridgehead atoms. The Balaban J connectivity index is 0.000000373. The quantitative estimate of drug-likeness (QED) is 0.400. The normalized spacial score (nSPS) is 10.3. The monoisotopic (exact) mass is 459 g/mol. The number of hydrogen-bond acceptors (Lipinski definition) is 6. The van der Waals surface area contributed by atoms with Gasteiger partial charge in [0.1, 0.15) is 0 Å². The number of rotatable bonds is 6. The van der Waals surface area contributed by atoms with Crippen molar-refractivity contribution in [2.75, 3.05) is 6.61 Å². The predicted octanol–water partition coefficient (Wildman–Crippen LogP) is 1.95. The van der Waals surface area contributed by atoms with E-state index in [1.54, 1.807) is 18.5 Å². The van der Waals surface area contributed by atoms with Gasteiger partial charge in [0.05, 0.1) is 0 Å². The number of benzene rings is 1. The van der Waals surface area contributed by atoms with E-state index in [4.69, 9.17) is 5.73 Å². The van der Waals surface area contributed by atoms with Gasteiger partial charge in [0.15, 0.2) is 6.61 Å². The number of aromatic nitrogens is 1. The van der Waals surface area contributed by atoms with Crippen LogP contribution in [0.15, 0.2) is 54.9 Å². The Morgan fingerprint density at radius 2 is 1.58 bits per heavy atom. The van der Waals surface area contributed by atoms with Crippen molar-refractivity contribution in [2.24, 2.45) is 5.73 Å². The molecule has 31 heavy (non-hydrogen) atoms. The summed E-state index contributed by atoms with van der Waals surface area (Å²) >= 11 is 4.48. The van der Waals surface area contributed by atoms with Gasteiger partial charge in [0.25, 0.3) is 0 Å². The van der Waals surface area contributed by atoms with E-state index in [2.05, 4.69) is 21.3 Å². The Labute approximate surface area is 179 Å². The minimum absolute atomic E-state index is 0.296. The Morgan fingerprint density at radius 3 is 2.06 bits per heavy atom. The van der Waals surface area contributed by atoms with E-state index in [1.165, 1.54) is 4.90 Å². The zero-order valence-electron chi connectivity index (χ0n) is 15.8. The van der Waals surface area contributed by atoms with E-state index in [-0.39, 0.29) is 0 Å². The van der Waals surface area contributed by atoms with Gasteiger partial charge in [-0.1, -0.05) is 36.4 Å². The number of amides is 2. The zero-order valence-corrected chi connectivity index (χ0v) is 16.6. The van der Waals surface area contributed by atoms with Crippen molar-refractivity contribution >= 4 is 34.6 Å². The molecule has 0 saturated heterocycles. The first-order valence-electron chi connectivity index (χ1n) is 8.44. The van der Waals surface area contributed by atoms with Gasteiger partial charge in [-0.3, -0.25) is 19.4 Å². The highest BCUT2D eigenvalue weighted by atomic mass is 35.5. The molecule has 0 aliphatic carbocycles. The molecule has 0 saturated carbocycles. The summed E-state index contributed by atoms with van der Waals surface area (Å²) in [4.78, 5) is 48.2. The molecule has 0 unspecified atom stereocenters. The summed E-state index contributed by atoms with van der Waals surface area (Å²) < 4.78 is 37.2. The second kappa shape index (κ2) is 12.3. The van der Waals surface area contributed by atoms with E-state index in [0.717, 1.165) is 11.1 Å². The number of carbonyl (C=O) groups excluding carboxylic acids is 4. The van der Waals surface area contributed by atoms with Crippen LogP contribution in [0.1, 0.15) is 11.1 Å². The average Bonchev–Trinajstić information content (AvgIpc) is 2.72. The lowest BCUT2D eigenvalue weighted by Crippen LogP contribution is -2.39. The number of hydrogen-bond donors (Lipinski definition) is 1. The third-order valence-electron chi connectivity index (χ3n) is 3.34. The second-order valence-corrected chi connectivity index (χ2v) is 6.18. The molecule has 0 radical (unpaired) electrons. The fraction of sp³-hybridized carbons (Fsp3) is 0.211. The fourth-order valence-corrected chi connectivity index (χ4v) is 2.13. The molecule has 166 valence electrons. The maximum absolute atomic E-state index is 11.9. The van der Waals surface area contributed by atoms with Crippen LogP contribution in [0.2, 0.25) is 0 Å². The van der Waals surface area contributed by atoms with E-state index < -0.39 is 35.8 Å². The molecule has 12 heteroatoms. The first-order valence-corrected chi connectivity index (χ1v) is 8.82. The van der Waals surface area contributed by atoms with E-state index in [9.17, 15) is 32.3 Å². The minimum Gasteiger partial charge on any atom is -0.449 e. The highest BCUT2D eigenvalue weighted by molar-refractivity contribution is 6.80. The number of alkyl halides is 3. The smallest absolute Gasteiger partial charge is 0.422 e. The van der Waals surface area contributed by atoms with Crippen molar-refractivity contribution in [3.05, 3.63) is 66.0 Å². The molecule has 2 aromatic rings. The van der Waals surface area contributed by atoms with Crippen LogP contribution in [0, 0.1) is 0 Å². The number of nitrogens with zero attached hydrogens (tertiary/aromatic N) is 2. The molecule has 0 atom stereocenters. The summed E-state index contributed by atoms with van der Waals surface area (Å²) in [5.74, 6) is -3.36. The summed E-state index contributed by atoms with van der Waals surface area (Å²) in [6.07, 6.45) is -1.32. The lowest BCUT2D eigenvalue weighted by molar-refractivity contribution is -0.185. The lowest BCUT2D eigenvalue weighted by Gasteiger charge is -2.21. The molecule has 1 heterocycles. The maximum Gasteiger partial charge on any atom is 0.422 e. The second-order valence-electron chi connectivity index (χ2n) is 5.84. The van der Waals surface area contributed by atoms with Crippen molar-refractivity contribution in [3.63, 3.8) is 0 Å². The molecule has 0 aliphatic heterocycles. The summed E-state index contributed by atoms with van der Waals surface area (Å²) in [6, 6.07) is 13.1. The zero-order chi connectivity index (χ0) is 23.4. The molecule has 1 aromatic carbocycles. The molecular formula is C19H17ClF3N3O5. The average molecular weight is 460 g/mol. The lowest BCUT2D eigenvalue weighted by atomic mass is 10.2. The van der Waals surface area contributed by atoms with Gasteiger partial charge in [0.2, 0.25) is 0 Å². The van der Waals surface area contributed by atoms with Gasteiger partial charge < -0.3 is 15.4 Å². The van der Waals surface area contributed by atoms with Crippen LogP contribution >= 0.6 is 11.6 Å². The Kier molecular flexibility index (Phi) is 10.1. The van der Waals surface area contributed by atoms with Crippen molar-refractivity contribution in [1.82, 2.24) is 9.88 Å². The molecule has 0 spiro atoms. The molecule has 0 aliphatic rings. The van der Waals surface area contributed by atoms with Gasteiger partial charge in [-0.15, -0.1) is 0 Å². The number of pyridine rings is 1. The number of carbonyl (C=O) groups is 4. The van der Waals surface area contributed by atoms with Gasteiger partial charge in [-0.25, -0.2) is 4.79 Å². The van der Waals surface area contributed by atoms with Crippen LogP contribution in [0.25, 0.3) is 0 Å². The van der Waals surface area contributed by atoms with E-state index in [0.29, 0.717) is 13.1 Å². The minimum atomic E-state index is -4.64. The van der Waals surface area contributed by atoms with Crippen molar-refractivity contribution < 1.29 is 37.1 Å². The standard InChI is InChI=1S/C15H15N3O2.C4H2ClF3O3/c16-14(19)15(20)18(10-12-5-2-1-3-6-12)11-13-7-4-8-17-9-13;5-2(9)3(10)11-1-4(6,7)8/h1-9H,10-11H2,(H2,16,19);1H2. The van der Waals surface area contributed by atoms with Gasteiger partial charge in [-0.05, 0) is 28.8 Å². The molecular weight excluding hydrogens is 443 g/mol. The largest absolute Gasteiger partial charge is 0.449 e.